The molecule has 0 aliphatic rings. The first-order chi connectivity index (χ1) is 9.97. The second-order valence-electron chi connectivity index (χ2n) is 5.04. The van der Waals surface area contributed by atoms with Gasteiger partial charge in [-0.05, 0) is 44.3 Å². The van der Waals surface area contributed by atoms with Gasteiger partial charge in [-0.15, -0.1) is 0 Å². The normalized spacial score (nSPS) is 12.0. The first kappa shape index (κ1) is 17.2. The van der Waals surface area contributed by atoms with E-state index in [1.807, 2.05) is 0 Å². The van der Waals surface area contributed by atoms with Gasteiger partial charge in [-0.3, -0.25) is 14.5 Å². The lowest BCUT2D eigenvalue weighted by molar-refractivity contribution is -0.114. The summed E-state index contributed by atoms with van der Waals surface area (Å²) in [5.41, 5.74) is 1.28. The summed E-state index contributed by atoms with van der Waals surface area (Å²) >= 11 is 0. The highest BCUT2D eigenvalue weighted by Crippen LogP contribution is 2.09. The van der Waals surface area contributed by atoms with Crippen molar-refractivity contribution in [3.63, 3.8) is 0 Å². The number of benzene rings is 1. The predicted octanol–water partition coefficient (Wildman–Crippen LogP) is 2.11. The molecule has 0 saturated carbocycles. The van der Waals surface area contributed by atoms with E-state index in [1.165, 1.54) is 6.92 Å². The standard InChI is InChI=1S/C16H25N3O2/c1-5-19(6-2)12(3)11-17-16(21)14-7-9-15(10-8-14)18-13(4)20/h7-10,12H,5-6,11H2,1-4H3,(H,17,21)(H,18,20). The maximum atomic E-state index is 12.1. The van der Waals surface area contributed by atoms with Crippen molar-refractivity contribution in [2.24, 2.45) is 0 Å². The average molecular weight is 291 g/mol. The van der Waals surface area contributed by atoms with Crippen molar-refractivity contribution in [1.82, 2.24) is 10.2 Å². The molecule has 0 radical (unpaired) electrons. The molecule has 1 atom stereocenters. The highest BCUT2D eigenvalue weighted by Gasteiger charge is 2.12. The van der Waals surface area contributed by atoms with Crippen LogP contribution in [0.15, 0.2) is 24.3 Å². The number of hydrogen-bond acceptors (Lipinski definition) is 3. The molecule has 5 heteroatoms. The van der Waals surface area contributed by atoms with Crippen molar-refractivity contribution in [3.05, 3.63) is 29.8 Å². The number of anilines is 1. The summed E-state index contributed by atoms with van der Waals surface area (Å²) in [6, 6.07) is 7.18. The van der Waals surface area contributed by atoms with Crippen LogP contribution < -0.4 is 10.6 Å². The van der Waals surface area contributed by atoms with Crippen LogP contribution in [-0.4, -0.2) is 42.4 Å². The van der Waals surface area contributed by atoms with Gasteiger partial charge in [0, 0.05) is 30.8 Å². The van der Waals surface area contributed by atoms with Crippen molar-refractivity contribution in [3.8, 4) is 0 Å². The lowest BCUT2D eigenvalue weighted by atomic mass is 10.2. The number of amides is 2. The van der Waals surface area contributed by atoms with Gasteiger partial charge in [-0.1, -0.05) is 13.8 Å². The lowest BCUT2D eigenvalue weighted by Gasteiger charge is -2.26. The fourth-order valence-corrected chi connectivity index (χ4v) is 2.23. The molecule has 1 aromatic rings. The first-order valence-electron chi connectivity index (χ1n) is 7.37. The Bertz CT molecular complexity index is 467. The Hall–Kier alpha value is -1.88. The molecule has 1 unspecified atom stereocenters. The van der Waals surface area contributed by atoms with Gasteiger partial charge in [0.1, 0.15) is 0 Å². The molecule has 21 heavy (non-hydrogen) atoms. The smallest absolute Gasteiger partial charge is 0.251 e. The number of carbonyl (C=O) groups excluding carboxylic acids is 2. The van der Waals surface area contributed by atoms with Crippen LogP contribution in [-0.2, 0) is 4.79 Å². The van der Waals surface area contributed by atoms with Gasteiger partial charge < -0.3 is 10.6 Å². The Kier molecular flexibility index (Phi) is 6.88. The van der Waals surface area contributed by atoms with E-state index in [0.717, 1.165) is 13.1 Å². The van der Waals surface area contributed by atoms with E-state index in [2.05, 4.69) is 36.3 Å². The largest absolute Gasteiger partial charge is 0.350 e. The van der Waals surface area contributed by atoms with Crippen molar-refractivity contribution in [1.29, 1.82) is 0 Å². The van der Waals surface area contributed by atoms with E-state index in [0.29, 0.717) is 23.8 Å². The van der Waals surface area contributed by atoms with Gasteiger partial charge in [0.05, 0.1) is 0 Å². The molecule has 0 spiro atoms. The quantitative estimate of drug-likeness (QED) is 0.809. The molecule has 2 N–H and O–H groups in total. The van der Waals surface area contributed by atoms with Crippen LogP contribution in [0.5, 0.6) is 0 Å². The highest BCUT2D eigenvalue weighted by molar-refractivity contribution is 5.95. The predicted molar refractivity (Wildman–Crippen MR) is 85.5 cm³/mol. The summed E-state index contributed by atoms with van der Waals surface area (Å²) in [5, 5.41) is 5.61. The molecule has 2 amide bonds. The molecule has 116 valence electrons. The molecular weight excluding hydrogens is 266 g/mol. The number of likely N-dealkylation sites (N-methyl/N-ethyl adjacent to an activating group) is 1. The van der Waals surface area contributed by atoms with E-state index in [4.69, 9.17) is 0 Å². The molecule has 1 aromatic carbocycles. The van der Waals surface area contributed by atoms with Gasteiger partial charge in [0.25, 0.3) is 5.91 Å². The molecule has 0 aliphatic heterocycles. The summed E-state index contributed by atoms with van der Waals surface area (Å²) in [4.78, 5) is 25.3. The van der Waals surface area contributed by atoms with Crippen LogP contribution in [0.4, 0.5) is 5.69 Å². The van der Waals surface area contributed by atoms with E-state index in [9.17, 15) is 9.59 Å². The lowest BCUT2D eigenvalue weighted by Crippen LogP contribution is -2.42. The number of nitrogens with zero attached hydrogens (tertiary/aromatic N) is 1. The molecule has 0 heterocycles. The monoisotopic (exact) mass is 291 g/mol. The topological polar surface area (TPSA) is 61.4 Å². The van der Waals surface area contributed by atoms with Gasteiger partial charge in [0.2, 0.25) is 5.91 Å². The molecular formula is C16H25N3O2. The fourth-order valence-electron chi connectivity index (χ4n) is 2.23. The minimum absolute atomic E-state index is 0.0941. The maximum absolute atomic E-state index is 12.1. The number of nitrogens with one attached hydrogen (secondary N) is 2. The third-order valence-corrected chi connectivity index (χ3v) is 3.46. The van der Waals surface area contributed by atoms with E-state index < -0.39 is 0 Å². The van der Waals surface area contributed by atoms with E-state index in [-0.39, 0.29) is 11.8 Å². The van der Waals surface area contributed by atoms with Gasteiger partial charge in [0.15, 0.2) is 0 Å². The fraction of sp³-hybridized carbons (Fsp3) is 0.500. The zero-order valence-corrected chi connectivity index (χ0v) is 13.3. The first-order valence-corrected chi connectivity index (χ1v) is 7.37. The van der Waals surface area contributed by atoms with Crippen LogP contribution in [0.1, 0.15) is 38.1 Å². The molecule has 0 fully saturated rings. The van der Waals surface area contributed by atoms with Crippen LogP contribution in [0.25, 0.3) is 0 Å². The number of carbonyl (C=O) groups is 2. The van der Waals surface area contributed by atoms with Crippen LogP contribution in [0.3, 0.4) is 0 Å². The second-order valence-corrected chi connectivity index (χ2v) is 5.04. The Balaban J connectivity index is 2.54. The third kappa shape index (κ3) is 5.55. The molecule has 0 saturated heterocycles. The third-order valence-electron chi connectivity index (χ3n) is 3.46. The Morgan fingerprint density at radius 2 is 1.71 bits per heavy atom. The molecule has 0 bridgehead atoms. The van der Waals surface area contributed by atoms with Crippen LogP contribution in [0.2, 0.25) is 0 Å². The van der Waals surface area contributed by atoms with Gasteiger partial charge in [-0.2, -0.15) is 0 Å². The summed E-state index contributed by atoms with van der Waals surface area (Å²) in [6.45, 7) is 10.3. The zero-order valence-electron chi connectivity index (χ0n) is 13.3. The van der Waals surface area contributed by atoms with Gasteiger partial charge >= 0.3 is 0 Å². The van der Waals surface area contributed by atoms with Crippen molar-refractivity contribution < 1.29 is 9.59 Å². The Labute approximate surface area is 126 Å². The van der Waals surface area contributed by atoms with E-state index in [1.54, 1.807) is 24.3 Å². The highest BCUT2D eigenvalue weighted by atomic mass is 16.2. The molecule has 5 nitrogen and oxygen atoms in total. The van der Waals surface area contributed by atoms with Gasteiger partial charge in [-0.25, -0.2) is 0 Å². The molecule has 0 aliphatic carbocycles. The SMILES string of the molecule is CCN(CC)C(C)CNC(=O)c1ccc(NC(C)=O)cc1. The summed E-state index contributed by atoms with van der Waals surface area (Å²) in [6.07, 6.45) is 0. The average Bonchev–Trinajstić information content (AvgIpc) is 2.46. The number of hydrogen-bond donors (Lipinski definition) is 2. The zero-order chi connectivity index (χ0) is 15.8. The van der Waals surface area contributed by atoms with Crippen molar-refractivity contribution in [2.75, 3.05) is 25.0 Å². The summed E-state index contributed by atoms with van der Waals surface area (Å²) < 4.78 is 0. The minimum Gasteiger partial charge on any atom is -0.350 e. The van der Waals surface area contributed by atoms with Crippen molar-refractivity contribution >= 4 is 17.5 Å². The number of rotatable bonds is 7. The van der Waals surface area contributed by atoms with Crippen LogP contribution in [0, 0.1) is 0 Å². The molecule has 1 rings (SSSR count). The van der Waals surface area contributed by atoms with Crippen molar-refractivity contribution in [2.45, 2.75) is 33.7 Å². The Morgan fingerprint density at radius 3 is 2.19 bits per heavy atom. The minimum atomic E-state index is -0.125. The second kappa shape index (κ2) is 8.42. The molecule has 0 aromatic heterocycles. The van der Waals surface area contributed by atoms with Crippen LogP contribution >= 0.6 is 0 Å². The summed E-state index contributed by atoms with van der Waals surface area (Å²) in [7, 11) is 0. The van der Waals surface area contributed by atoms with E-state index >= 15 is 0 Å². The Morgan fingerprint density at radius 1 is 1.14 bits per heavy atom. The maximum Gasteiger partial charge on any atom is 0.251 e. The summed E-state index contributed by atoms with van der Waals surface area (Å²) in [5.74, 6) is -0.219.